The molecule has 1 N–H and O–H groups in total. The van der Waals surface area contributed by atoms with Gasteiger partial charge in [-0.25, -0.2) is 4.98 Å². The van der Waals surface area contributed by atoms with Crippen LogP contribution in [0.4, 0.5) is 5.82 Å². The van der Waals surface area contributed by atoms with Crippen LogP contribution in [0.2, 0.25) is 0 Å². The molecular weight excluding hydrogens is 242 g/mol. The van der Waals surface area contributed by atoms with E-state index in [2.05, 4.69) is 42.4 Å². The van der Waals surface area contributed by atoms with E-state index in [0.717, 1.165) is 11.5 Å². The van der Waals surface area contributed by atoms with E-state index >= 15 is 0 Å². The lowest BCUT2D eigenvalue weighted by Crippen LogP contribution is -2.07. The molecular formula is C14H15N3S. The standard InChI is InChI=1S/C14H15N3S/c1-9-6-12(8-15)7-14(16-9)17-11(3)13-5-4-10(2)18-13/h4-7,11H,1-3H3,(H,16,17). The van der Waals surface area contributed by atoms with Crippen molar-refractivity contribution < 1.29 is 0 Å². The summed E-state index contributed by atoms with van der Waals surface area (Å²) in [5, 5.41) is 12.3. The van der Waals surface area contributed by atoms with E-state index in [1.165, 1.54) is 9.75 Å². The molecule has 0 fully saturated rings. The molecule has 4 heteroatoms. The Bertz CT molecular complexity index is 595. The molecule has 2 aromatic rings. The lowest BCUT2D eigenvalue weighted by Gasteiger charge is -2.13. The third-order valence-electron chi connectivity index (χ3n) is 2.63. The van der Waals surface area contributed by atoms with Gasteiger partial charge in [-0.3, -0.25) is 0 Å². The van der Waals surface area contributed by atoms with Crippen LogP contribution in [0.1, 0.15) is 34.0 Å². The first-order chi connectivity index (χ1) is 8.58. The van der Waals surface area contributed by atoms with Crippen LogP contribution in [-0.2, 0) is 0 Å². The van der Waals surface area contributed by atoms with Crippen LogP contribution in [0.3, 0.4) is 0 Å². The van der Waals surface area contributed by atoms with Gasteiger partial charge in [-0.15, -0.1) is 11.3 Å². The molecule has 0 amide bonds. The van der Waals surface area contributed by atoms with Crippen molar-refractivity contribution in [1.29, 1.82) is 5.26 Å². The Morgan fingerprint density at radius 2 is 2.11 bits per heavy atom. The zero-order valence-electron chi connectivity index (χ0n) is 10.7. The molecule has 18 heavy (non-hydrogen) atoms. The van der Waals surface area contributed by atoms with Gasteiger partial charge in [0.05, 0.1) is 17.7 Å². The predicted molar refractivity (Wildman–Crippen MR) is 74.8 cm³/mol. The minimum atomic E-state index is 0.199. The number of hydrogen-bond acceptors (Lipinski definition) is 4. The van der Waals surface area contributed by atoms with Gasteiger partial charge in [-0.2, -0.15) is 5.26 Å². The number of aryl methyl sites for hydroxylation is 2. The average molecular weight is 257 g/mol. The molecule has 0 saturated carbocycles. The Morgan fingerprint density at radius 3 is 2.72 bits per heavy atom. The van der Waals surface area contributed by atoms with E-state index in [-0.39, 0.29) is 6.04 Å². The smallest absolute Gasteiger partial charge is 0.128 e. The summed E-state index contributed by atoms with van der Waals surface area (Å²) in [6, 6.07) is 10.1. The first kappa shape index (κ1) is 12.6. The van der Waals surface area contributed by atoms with Crippen LogP contribution in [0.25, 0.3) is 0 Å². The van der Waals surface area contributed by atoms with Crippen LogP contribution in [0.5, 0.6) is 0 Å². The molecule has 0 bridgehead atoms. The maximum atomic E-state index is 8.94. The topological polar surface area (TPSA) is 48.7 Å². The van der Waals surface area contributed by atoms with Gasteiger partial charge in [-0.05, 0) is 45.0 Å². The Hall–Kier alpha value is -1.86. The van der Waals surface area contributed by atoms with Gasteiger partial charge in [-0.1, -0.05) is 0 Å². The molecule has 0 saturated heterocycles. The molecule has 92 valence electrons. The van der Waals surface area contributed by atoms with E-state index in [1.807, 2.05) is 6.92 Å². The highest BCUT2D eigenvalue weighted by atomic mass is 32.1. The molecule has 0 aliphatic heterocycles. The molecule has 0 aromatic carbocycles. The molecule has 0 aliphatic rings. The van der Waals surface area contributed by atoms with Crippen molar-refractivity contribution >= 4 is 17.2 Å². The van der Waals surface area contributed by atoms with E-state index in [1.54, 1.807) is 23.5 Å². The lowest BCUT2D eigenvalue weighted by atomic mass is 10.2. The highest BCUT2D eigenvalue weighted by molar-refractivity contribution is 7.12. The number of nitrogens with zero attached hydrogens (tertiary/aromatic N) is 2. The summed E-state index contributed by atoms with van der Waals surface area (Å²) in [6.45, 7) is 6.09. The molecule has 0 radical (unpaired) electrons. The second-order valence-electron chi connectivity index (χ2n) is 4.31. The van der Waals surface area contributed by atoms with Crippen LogP contribution >= 0.6 is 11.3 Å². The number of nitrogens with one attached hydrogen (secondary N) is 1. The van der Waals surface area contributed by atoms with E-state index in [4.69, 9.17) is 5.26 Å². The molecule has 3 nitrogen and oxygen atoms in total. The van der Waals surface area contributed by atoms with Crippen molar-refractivity contribution in [2.45, 2.75) is 26.8 Å². The van der Waals surface area contributed by atoms with Crippen molar-refractivity contribution in [3.05, 3.63) is 45.3 Å². The molecule has 2 rings (SSSR count). The second kappa shape index (κ2) is 5.19. The number of anilines is 1. The van der Waals surface area contributed by atoms with E-state index < -0.39 is 0 Å². The number of thiophene rings is 1. The molecule has 1 unspecified atom stereocenters. The third-order valence-corrected chi connectivity index (χ3v) is 3.82. The number of rotatable bonds is 3. The van der Waals surface area contributed by atoms with Gasteiger partial charge >= 0.3 is 0 Å². The molecule has 1 atom stereocenters. The minimum Gasteiger partial charge on any atom is -0.363 e. The fourth-order valence-electron chi connectivity index (χ4n) is 1.79. The predicted octanol–water partition coefficient (Wildman–Crippen LogP) is 3.80. The highest BCUT2D eigenvalue weighted by Gasteiger charge is 2.09. The molecule has 0 spiro atoms. The maximum Gasteiger partial charge on any atom is 0.128 e. The quantitative estimate of drug-likeness (QED) is 0.909. The summed E-state index contributed by atoms with van der Waals surface area (Å²) < 4.78 is 0. The monoisotopic (exact) mass is 257 g/mol. The van der Waals surface area contributed by atoms with Crippen LogP contribution < -0.4 is 5.32 Å². The second-order valence-corrected chi connectivity index (χ2v) is 5.63. The van der Waals surface area contributed by atoms with Crippen molar-refractivity contribution in [3.63, 3.8) is 0 Å². The summed E-state index contributed by atoms with van der Waals surface area (Å²) in [7, 11) is 0. The zero-order valence-corrected chi connectivity index (χ0v) is 11.5. The Labute approximate surface area is 111 Å². The largest absolute Gasteiger partial charge is 0.363 e. The van der Waals surface area contributed by atoms with Gasteiger partial charge in [0, 0.05) is 15.4 Å². The first-order valence-corrected chi connectivity index (χ1v) is 6.62. The van der Waals surface area contributed by atoms with Crippen molar-refractivity contribution in [3.8, 4) is 6.07 Å². The van der Waals surface area contributed by atoms with Gasteiger partial charge in [0.25, 0.3) is 0 Å². The Balaban J connectivity index is 2.19. The number of hydrogen-bond donors (Lipinski definition) is 1. The van der Waals surface area contributed by atoms with Crippen molar-refractivity contribution in [1.82, 2.24) is 4.98 Å². The van der Waals surface area contributed by atoms with Crippen LogP contribution in [0, 0.1) is 25.2 Å². The molecule has 0 aliphatic carbocycles. The highest BCUT2D eigenvalue weighted by Crippen LogP contribution is 2.25. The SMILES string of the molecule is Cc1cc(C#N)cc(NC(C)c2ccc(C)s2)n1. The van der Waals surface area contributed by atoms with E-state index in [0.29, 0.717) is 5.56 Å². The fourth-order valence-corrected chi connectivity index (χ4v) is 2.67. The first-order valence-electron chi connectivity index (χ1n) is 5.80. The van der Waals surface area contributed by atoms with Gasteiger partial charge in [0.2, 0.25) is 0 Å². The lowest BCUT2D eigenvalue weighted by molar-refractivity contribution is 0.893. The Morgan fingerprint density at radius 1 is 1.33 bits per heavy atom. The normalized spacial score (nSPS) is 11.9. The van der Waals surface area contributed by atoms with Gasteiger partial charge in [0.1, 0.15) is 5.82 Å². The van der Waals surface area contributed by atoms with Crippen LogP contribution in [-0.4, -0.2) is 4.98 Å². The fraction of sp³-hybridized carbons (Fsp3) is 0.286. The summed E-state index contributed by atoms with van der Waals surface area (Å²) in [5.41, 5.74) is 1.49. The Kier molecular flexibility index (Phi) is 3.63. The zero-order chi connectivity index (χ0) is 13.1. The summed E-state index contributed by atoms with van der Waals surface area (Å²) in [4.78, 5) is 6.97. The minimum absolute atomic E-state index is 0.199. The van der Waals surface area contributed by atoms with Crippen molar-refractivity contribution in [2.75, 3.05) is 5.32 Å². The van der Waals surface area contributed by atoms with Gasteiger partial charge < -0.3 is 5.32 Å². The third kappa shape index (κ3) is 2.88. The van der Waals surface area contributed by atoms with Gasteiger partial charge in [0.15, 0.2) is 0 Å². The average Bonchev–Trinajstić information content (AvgIpc) is 2.75. The van der Waals surface area contributed by atoms with Crippen molar-refractivity contribution in [2.24, 2.45) is 0 Å². The van der Waals surface area contributed by atoms with Crippen LogP contribution in [0.15, 0.2) is 24.3 Å². The number of pyridine rings is 1. The number of nitriles is 1. The molecule has 2 heterocycles. The molecule has 2 aromatic heterocycles. The maximum absolute atomic E-state index is 8.94. The summed E-state index contributed by atoms with van der Waals surface area (Å²) >= 11 is 1.77. The summed E-state index contributed by atoms with van der Waals surface area (Å²) in [6.07, 6.45) is 0. The number of aromatic nitrogens is 1. The van der Waals surface area contributed by atoms with E-state index in [9.17, 15) is 0 Å². The summed E-state index contributed by atoms with van der Waals surface area (Å²) in [5.74, 6) is 0.755.